The molecule has 2 aromatic carbocycles. The molecule has 0 spiro atoms. The van der Waals surface area contributed by atoms with Crippen LogP contribution < -0.4 is 10.2 Å². The van der Waals surface area contributed by atoms with Gasteiger partial charge in [-0.15, -0.1) is 22.0 Å². The summed E-state index contributed by atoms with van der Waals surface area (Å²) in [4.78, 5) is 27.3. The molecule has 28 heavy (non-hydrogen) atoms. The Bertz CT molecular complexity index is 963. The van der Waals surface area contributed by atoms with Crippen molar-refractivity contribution in [2.24, 2.45) is 0 Å². The molecule has 0 radical (unpaired) electrons. The molecule has 8 heteroatoms. The molecular formula is C20H18N4O2S2. The predicted molar refractivity (Wildman–Crippen MR) is 112 cm³/mol. The predicted octanol–water partition coefficient (Wildman–Crippen LogP) is 3.79. The number of rotatable bonds is 6. The van der Waals surface area contributed by atoms with Crippen molar-refractivity contribution in [3.63, 3.8) is 0 Å². The fourth-order valence-corrected chi connectivity index (χ4v) is 4.57. The highest BCUT2D eigenvalue weighted by Gasteiger charge is 2.33. The second-order valence-corrected chi connectivity index (χ2v) is 8.39. The van der Waals surface area contributed by atoms with Crippen LogP contribution in [0.3, 0.4) is 0 Å². The number of thioether (sulfide) groups is 1. The van der Waals surface area contributed by atoms with Gasteiger partial charge in [-0.1, -0.05) is 47.7 Å². The molecule has 6 nitrogen and oxygen atoms in total. The highest BCUT2D eigenvalue weighted by Crippen LogP contribution is 2.34. The highest BCUT2D eigenvalue weighted by molar-refractivity contribution is 8.00. The van der Waals surface area contributed by atoms with E-state index < -0.39 is 0 Å². The second-order valence-electron chi connectivity index (χ2n) is 6.34. The van der Waals surface area contributed by atoms with Gasteiger partial charge in [0.1, 0.15) is 5.01 Å². The van der Waals surface area contributed by atoms with E-state index in [-0.39, 0.29) is 17.7 Å². The Hall–Kier alpha value is -2.71. The molecule has 1 atom stereocenters. The SMILES string of the molecule is O=C(CSc1ccccc1)Nc1nnc([C@@H]2CC(=O)N(c3ccccc3)C2)s1. The minimum Gasteiger partial charge on any atom is -0.312 e. The Labute approximate surface area is 171 Å². The monoisotopic (exact) mass is 410 g/mol. The van der Waals surface area contributed by atoms with Crippen molar-refractivity contribution in [1.82, 2.24) is 10.2 Å². The van der Waals surface area contributed by atoms with E-state index >= 15 is 0 Å². The summed E-state index contributed by atoms with van der Waals surface area (Å²) in [6, 6.07) is 19.4. The standard InChI is InChI=1S/C20H18N4O2S2/c25-17(13-27-16-9-5-2-6-10-16)21-20-23-22-19(28-20)14-11-18(26)24(12-14)15-7-3-1-4-8-15/h1-10,14H,11-13H2,(H,21,23,25)/t14-/m1/s1. The van der Waals surface area contributed by atoms with Crippen molar-refractivity contribution in [2.45, 2.75) is 17.2 Å². The lowest BCUT2D eigenvalue weighted by Crippen LogP contribution is -2.24. The third-order valence-corrected chi connectivity index (χ3v) is 6.36. The van der Waals surface area contributed by atoms with Gasteiger partial charge in [-0.25, -0.2) is 0 Å². The molecule has 142 valence electrons. The number of nitrogens with one attached hydrogen (secondary N) is 1. The lowest BCUT2D eigenvalue weighted by molar-refractivity contribution is -0.117. The molecule has 1 aliphatic heterocycles. The molecular weight excluding hydrogens is 392 g/mol. The largest absolute Gasteiger partial charge is 0.312 e. The van der Waals surface area contributed by atoms with Crippen LogP contribution in [-0.4, -0.2) is 34.3 Å². The number of hydrogen-bond donors (Lipinski definition) is 1. The number of para-hydroxylation sites is 1. The molecule has 0 bridgehead atoms. The zero-order valence-electron chi connectivity index (χ0n) is 14.9. The van der Waals surface area contributed by atoms with Crippen molar-refractivity contribution >= 4 is 45.7 Å². The van der Waals surface area contributed by atoms with E-state index in [0.717, 1.165) is 15.6 Å². The Kier molecular flexibility index (Phi) is 5.68. The van der Waals surface area contributed by atoms with Gasteiger partial charge < -0.3 is 4.90 Å². The average molecular weight is 411 g/mol. The topological polar surface area (TPSA) is 75.2 Å². The Morgan fingerprint density at radius 2 is 1.82 bits per heavy atom. The molecule has 1 saturated heterocycles. The summed E-state index contributed by atoms with van der Waals surface area (Å²) in [6.07, 6.45) is 0.404. The van der Waals surface area contributed by atoms with E-state index in [9.17, 15) is 9.59 Å². The number of aromatic nitrogens is 2. The van der Waals surface area contributed by atoms with Gasteiger partial charge in [0, 0.05) is 29.5 Å². The summed E-state index contributed by atoms with van der Waals surface area (Å²) in [5.74, 6) is 0.263. The molecule has 0 saturated carbocycles. The summed E-state index contributed by atoms with van der Waals surface area (Å²) in [7, 11) is 0. The smallest absolute Gasteiger partial charge is 0.236 e. The zero-order chi connectivity index (χ0) is 19.3. The van der Waals surface area contributed by atoms with Crippen molar-refractivity contribution in [1.29, 1.82) is 0 Å². The van der Waals surface area contributed by atoms with Crippen molar-refractivity contribution < 1.29 is 9.59 Å². The zero-order valence-corrected chi connectivity index (χ0v) is 16.6. The second kappa shape index (κ2) is 8.53. The number of nitrogens with zero attached hydrogens (tertiary/aromatic N) is 3. The highest BCUT2D eigenvalue weighted by atomic mass is 32.2. The number of carbonyl (C=O) groups excluding carboxylic acids is 2. The molecule has 0 unspecified atom stereocenters. The molecule has 0 aliphatic carbocycles. The summed E-state index contributed by atoms with van der Waals surface area (Å²) in [5.41, 5.74) is 0.894. The Morgan fingerprint density at radius 1 is 1.11 bits per heavy atom. The van der Waals surface area contributed by atoms with Gasteiger partial charge in [-0.3, -0.25) is 14.9 Å². The van der Waals surface area contributed by atoms with Crippen LogP contribution in [0.1, 0.15) is 17.3 Å². The summed E-state index contributed by atoms with van der Waals surface area (Å²) < 4.78 is 0. The van der Waals surface area contributed by atoms with E-state index in [0.29, 0.717) is 23.8 Å². The molecule has 4 rings (SSSR count). The van der Waals surface area contributed by atoms with Gasteiger partial charge in [0.25, 0.3) is 0 Å². The lowest BCUT2D eigenvalue weighted by Gasteiger charge is -2.15. The van der Waals surface area contributed by atoms with Crippen LogP contribution in [0.15, 0.2) is 65.6 Å². The molecule has 1 aliphatic rings. The van der Waals surface area contributed by atoms with E-state index in [1.165, 1.54) is 23.1 Å². The van der Waals surface area contributed by atoms with Crippen molar-refractivity contribution in [2.75, 3.05) is 22.5 Å². The first-order valence-electron chi connectivity index (χ1n) is 8.85. The van der Waals surface area contributed by atoms with Crippen LogP contribution in [0.4, 0.5) is 10.8 Å². The van der Waals surface area contributed by atoms with Crippen LogP contribution in [0.2, 0.25) is 0 Å². The maximum Gasteiger partial charge on any atom is 0.236 e. The fraction of sp³-hybridized carbons (Fsp3) is 0.200. The quantitative estimate of drug-likeness (QED) is 0.626. The number of anilines is 2. The average Bonchev–Trinajstić information content (AvgIpc) is 3.34. The molecule has 1 fully saturated rings. The fourth-order valence-electron chi connectivity index (χ4n) is 3.00. The van der Waals surface area contributed by atoms with Crippen LogP contribution in [0.5, 0.6) is 0 Å². The van der Waals surface area contributed by atoms with Crippen LogP contribution >= 0.6 is 23.1 Å². The maximum absolute atomic E-state index is 12.4. The van der Waals surface area contributed by atoms with E-state index in [1.54, 1.807) is 4.90 Å². The summed E-state index contributed by atoms with van der Waals surface area (Å²) in [5, 5.41) is 12.3. The van der Waals surface area contributed by atoms with Crippen molar-refractivity contribution in [3.05, 3.63) is 65.7 Å². The van der Waals surface area contributed by atoms with Gasteiger partial charge in [0.15, 0.2) is 0 Å². The molecule has 2 amide bonds. The third kappa shape index (κ3) is 4.40. The van der Waals surface area contributed by atoms with E-state index in [2.05, 4.69) is 15.5 Å². The first kappa shape index (κ1) is 18.6. The maximum atomic E-state index is 12.4. The number of benzene rings is 2. The minimum atomic E-state index is -0.120. The first-order chi connectivity index (χ1) is 13.7. The number of hydrogen-bond acceptors (Lipinski definition) is 6. The van der Waals surface area contributed by atoms with Crippen molar-refractivity contribution in [3.8, 4) is 0 Å². The Morgan fingerprint density at radius 3 is 2.57 bits per heavy atom. The van der Waals surface area contributed by atoms with E-state index in [4.69, 9.17) is 0 Å². The van der Waals surface area contributed by atoms with Gasteiger partial charge >= 0.3 is 0 Å². The normalized spacial score (nSPS) is 16.4. The van der Waals surface area contributed by atoms with Crippen LogP contribution in [0.25, 0.3) is 0 Å². The summed E-state index contributed by atoms with van der Waals surface area (Å²) >= 11 is 2.81. The van der Waals surface area contributed by atoms with Gasteiger partial charge in [0.05, 0.1) is 5.75 Å². The van der Waals surface area contributed by atoms with Crippen LogP contribution in [0, 0.1) is 0 Å². The molecule has 1 aromatic heterocycles. The van der Waals surface area contributed by atoms with E-state index in [1.807, 2.05) is 60.7 Å². The lowest BCUT2D eigenvalue weighted by atomic mass is 10.1. The van der Waals surface area contributed by atoms with Crippen LogP contribution in [-0.2, 0) is 9.59 Å². The molecule has 2 heterocycles. The van der Waals surface area contributed by atoms with Gasteiger partial charge in [-0.05, 0) is 24.3 Å². The molecule has 3 aromatic rings. The number of amides is 2. The number of carbonyl (C=O) groups is 2. The summed E-state index contributed by atoms with van der Waals surface area (Å²) in [6.45, 7) is 0.579. The first-order valence-corrected chi connectivity index (χ1v) is 10.7. The minimum absolute atomic E-state index is 0.00504. The van der Waals surface area contributed by atoms with Gasteiger partial charge in [0.2, 0.25) is 16.9 Å². The third-order valence-electron chi connectivity index (χ3n) is 4.34. The Balaban J connectivity index is 1.34. The molecule has 1 N–H and O–H groups in total. The van der Waals surface area contributed by atoms with Gasteiger partial charge in [-0.2, -0.15) is 0 Å².